The Labute approximate surface area is 115 Å². The topological polar surface area (TPSA) is 12.0 Å². The van der Waals surface area contributed by atoms with E-state index in [2.05, 4.69) is 59.9 Å². The zero-order valence-corrected chi connectivity index (χ0v) is 11.5. The predicted molar refractivity (Wildman–Crippen MR) is 81.3 cm³/mol. The van der Waals surface area contributed by atoms with Gasteiger partial charge in [-0.2, -0.15) is 0 Å². The van der Waals surface area contributed by atoms with Gasteiger partial charge in [0.25, 0.3) is 0 Å². The van der Waals surface area contributed by atoms with E-state index < -0.39 is 0 Å². The van der Waals surface area contributed by atoms with Crippen LogP contribution in [0, 0.1) is 5.92 Å². The van der Waals surface area contributed by atoms with Gasteiger partial charge in [-0.15, -0.1) is 0 Å². The van der Waals surface area contributed by atoms with E-state index in [1.54, 1.807) is 0 Å². The van der Waals surface area contributed by atoms with Crippen molar-refractivity contribution in [3.05, 3.63) is 60.2 Å². The quantitative estimate of drug-likeness (QED) is 0.864. The second-order valence-corrected chi connectivity index (χ2v) is 5.49. The van der Waals surface area contributed by atoms with E-state index in [4.69, 9.17) is 0 Å². The molecule has 2 atom stereocenters. The maximum Gasteiger partial charge on any atom is -0.00177 e. The first-order valence-corrected chi connectivity index (χ1v) is 7.18. The molecule has 0 heterocycles. The fourth-order valence-corrected chi connectivity index (χ4v) is 3.07. The molecule has 2 unspecified atom stereocenters. The van der Waals surface area contributed by atoms with Gasteiger partial charge in [-0.3, -0.25) is 0 Å². The molecule has 1 aliphatic rings. The molecule has 1 N–H and O–H groups in total. The molecule has 1 heteroatoms. The first-order valence-electron chi connectivity index (χ1n) is 7.18. The second-order valence-electron chi connectivity index (χ2n) is 5.49. The second kappa shape index (κ2) is 5.58. The van der Waals surface area contributed by atoms with E-state index in [1.807, 2.05) is 7.05 Å². The molecule has 0 bridgehead atoms. The maximum absolute atomic E-state index is 3.31. The molecule has 98 valence electrons. The summed E-state index contributed by atoms with van der Waals surface area (Å²) in [7, 11) is 2.05. The van der Waals surface area contributed by atoms with Gasteiger partial charge >= 0.3 is 0 Å². The Morgan fingerprint density at radius 2 is 1.58 bits per heavy atom. The summed E-state index contributed by atoms with van der Waals surface area (Å²) in [5.41, 5.74) is 4.12. The highest BCUT2D eigenvalue weighted by Gasteiger charge is 2.31. The highest BCUT2D eigenvalue weighted by molar-refractivity contribution is 5.63. The van der Waals surface area contributed by atoms with Crippen molar-refractivity contribution >= 4 is 0 Å². The van der Waals surface area contributed by atoms with Crippen molar-refractivity contribution in [1.82, 2.24) is 5.32 Å². The minimum atomic E-state index is 0.761. The van der Waals surface area contributed by atoms with Gasteiger partial charge < -0.3 is 5.32 Å². The van der Waals surface area contributed by atoms with Crippen LogP contribution in [0.1, 0.15) is 24.3 Å². The van der Waals surface area contributed by atoms with Crippen LogP contribution >= 0.6 is 0 Å². The smallest absolute Gasteiger partial charge is 0.00177 e. The third-order valence-corrected chi connectivity index (χ3v) is 4.33. The zero-order chi connectivity index (χ0) is 13.1. The molecule has 2 aromatic carbocycles. The van der Waals surface area contributed by atoms with Crippen LogP contribution in [-0.4, -0.2) is 13.6 Å². The Hall–Kier alpha value is -1.60. The number of benzene rings is 2. The van der Waals surface area contributed by atoms with E-state index in [9.17, 15) is 0 Å². The van der Waals surface area contributed by atoms with Gasteiger partial charge in [0.05, 0.1) is 0 Å². The van der Waals surface area contributed by atoms with Gasteiger partial charge in [-0.25, -0.2) is 0 Å². The lowest BCUT2D eigenvalue weighted by Crippen LogP contribution is -2.32. The monoisotopic (exact) mass is 251 g/mol. The van der Waals surface area contributed by atoms with Crippen LogP contribution in [0.4, 0.5) is 0 Å². The van der Waals surface area contributed by atoms with Crippen molar-refractivity contribution in [2.75, 3.05) is 13.6 Å². The maximum atomic E-state index is 3.31. The predicted octanol–water partition coefficient (Wildman–Crippen LogP) is 4.07. The molecule has 1 fully saturated rings. The summed E-state index contributed by atoms with van der Waals surface area (Å²) in [5, 5.41) is 3.31. The SMILES string of the molecule is CNCC1CCC1c1ccc(-c2ccccc2)cc1. The van der Waals surface area contributed by atoms with E-state index in [0.29, 0.717) is 0 Å². The van der Waals surface area contributed by atoms with Crippen LogP contribution in [0.15, 0.2) is 54.6 Å². The highest BCUT2D eigenvalue weighted by Crippen LogP contribution is 2.42. The first-order chi connectivity index (χ1) is 9.38. The lowest BCUT2D eigenvalue weighted by Gasteiger charge is -2.37. The fourth-order valence-electron chi connectivity index (χ4n) is 3.07. The minimum Gasteiger partial charge on any atom is -0.319 e. The molecule has 3 rings (SSSR count). The van der Waals surface area contributed by atoms with Gasteiger partial charge in [-0.05, 0) is 55.0 Å². The molecule has 0 aliphatic heterocycles. The van der Waals surface area contributed by atoms with Gasteiger partial charge in [0, 0.05) is 0 Å². The third kappa shape index (κ3) is 2.57. The first kappa shape index (κ1) is 12.4. The lowest BCUT2D eigenvalue weighted by atomic mass is 9.70. The van der Waals surface area contributed by atoms with Crippen molar-refractivity contribution < 1.29 is 0 Å². The largest absolute Gasteiger partial charge is 0.319 e. The van der Waals surface area contributed by atoms with E-state index >= 15 is 0 Å². The zero-order valence-electron chi connectivity index (χ0n) is 11.5. The summed E-state index contributed by atoms with van der Waals surface area (Å²) in [5.74, 6) is 1.59. The summed E-state index contributed by atoms with van der Waals surface area (Å²) in [6.07, 6.45) is 2.71. The average Bonchev–Trinajstić information content (AvgIpc) is 2.45. The van der Waals surface area contributed by atoms with Crippen LogP contribution in [0.5, 0.6) is 0 Å². The van der Waals surface area contributed by atoms with Crippen molar-refractivity contribution in [2.45, 2.75) is 18.8 Å². The summed E-state index contributed by atoms with van der Waals surface area (Å²) in [6, 6.07) is 19.7. The normalized spacial score (nSPS) is 21.9. The molecule has 2 aromatic rings. The van der Waals surface area contributed by atoms with Gasteiger partial charge in [0.1, 0.15) is 0 Å². The summed E-state index contributed by atoms with van der Waals surface area (Å²) >= 11 is 0. The Balaban J connectivity index is 1.76. The number of nitrogens with one attached hydrogen (secondary N) is 1. The standard InChI is InChI=1S/C18H21N/c1-19-13-17-11-12-18(17)16-9-7-15(8-10-16)14-5-3-2-4-6-14/h2-10,17-19H,11-13H2,1H3. The van der Waals surface area contributed by atoms with Gasteiger partial charge in [0.2, 0.25) is 0 Å². The van der Waals surface area contributed by atoms with E-state index in [-0.39, 0.29) is 0 Å². The lowest BCUT2D eigenvalue weighted by molar-refractivity contribution is 0.251. The van der Waals surface area contributed by atoms with Crippen LogP contribution < -0.4 is 5.32 Å². The Morgan fingerprint density at radius 1 is 0.895 bits per heavy atom. The molecule has 1 saturated carbocycles. The molecular formula is C18H21N. The van der Waals surface area contributed by atoms with Crippen LogP contribution in [-0.2, 0) is 0 Å². The molecule has 19 heavy (non-hydrogen) atoms. The highest BCUT2D eigenvalue weighted by atomic mass is 14.8. The van der Waals surface area contributed by atoms with Gasteiger partial charge in [0.15, 0.2) is 0 Å². The van der Waals surface area contributed by atoms with Crippen molar-refractivity contribution in [2.24, 2.45) is 5.92 Å². The third-order valence-electron chi connectivity index (χ3n) is 4.33. The molecular weight excluding hydrogens is 230 g/mol. The average molecular weight is 251 g/mol. The molecule has 0 amide bonds. The van der Waals surface area contributed by atoms with E-state index in [0.717, 1.165) is 18.4 Å². The number of hydrogen-bond acceptors (Lipinski definition) is 1. The molecule has 1 aliphatic carbocycles. The van der Waals surface area contributed by atoms with E-state index in [1.165, 1.54) is 29.5 Å². The summed E-state index contributed by atoms with van der Waals surface area (Å²) in [6.45, 7) is 1.14. The van der Waals surface area contributed by atoms with Crippen molar-refractivity contribution in [3.8, 4) is 11.1 Å². The fraction of sp³-hybridized carbons (Fsp3) is 0.333. The molecule has 0 saturated heterocycles. The summed E-state index contributed by atoms with van der Waals surface area (Å²) in [4.78, 5) is 0. The van der Waals surface area contributed by atoms with Crippen LogP contribution in [0.25, 0.3) is 11.1 Å². The van der Waals surface area contributed by atoms with Gasteiger partial charge in [-0.1, -0.05) is 54.6 Å². The van der Waals surface area contributed by atoms with Crippen LogP contribution in [0.2, 0.25) is 0 Å². The Kier molecular flexibility index (Phi) is 3.65. The van der Waals surface area contributed by atoms with Crippen LogP contribution in [0.3, 0.4) is 0 Å². The molecule has 1 nitrogen and oxygen atoms in total. The Morgan fingerprint density at radius 3 is 2.16 bits per heavy atom. The van der Waals surface area contributed by atoms with Crippen molar-refractivity contribution in [1.29, 1.82) is 0 Å². The minimum absolute atomic E-state index is 0.761. The number of rotatable bonds is 4. The molecule has 0 radical (unpaired) electrons. The van der Waals surface area contributed by atoms with Crippen molar-refractivity contribution in [3.63, 3.8) is 0 Å². The molecule has 0 spiro atoms. The molecule has 0 aromatic heterocycles. The summed E-state index contributed by atoms with van der Waals surface area (Å²) < 4.78 is 0. The number of hydrogen-bond donors (Lipinski definition) is 1. The Bertz CT molecular complexity index is 515.